The molecule has 0 radical (unpaired) electrons. The molecule has 27 heavy (non-hydrogen) atoms. The molecule has 0 unspecified atom stereocenters. The van der Waals surface area contributed by atoms with Crippen LogP contribution in [0.2, 0.25) is 0 Å². The number of hydrogen-bond acceptors (Lipinski definition) is 5. The van der Waals surface area contributed by atoms with Crippen molar-refractivity contribution in [1.82, 2.24) is 15.1 Å². The van der Waals surface area contributed by atoms with Gasteiger partial charge in [0.1, 0.15) is 0 Å². The molecular formula is C19H19N3O3S2. The lowest BCUT2D eigenvalue weighted by Gasteiger charge is -2.12. The quantitative estimate of drug-likeness (QED) is 0.713. The Hall–Kier alpha value is -2.45. The number of amides is 1. The molecule has 1 atom stereocenters. The Balaban J connectivity index is 1.60. The SMILES string of the molecule is O=C(NCc1ccccc1)c1cc(-c2cccs2)n([C@@H]2CCS(=O)(=O)C2)n1. The maximum Gasteiger partial charge on any atom is 0.272 e. The van der Waals surface area contributed by atoms with Gasteiger partial charge in [-0.05, 0) is 29.5 Å². The highest BCUT2D eigenvalue weighted by Gasteiger charge is 2.32. The standard InChI is InChI=1S/C19H19N3O3S2/c23-19(20-12-14-5-2-1-3-6-14)16-11-17(18-7-4-9-26-18)22(21-16)15-8-10-27(24,25)13-15/h1-7,9,11,15H,8,10,12-13H2,(H,20,23)/t15-/m1/s1. The van der Waals surface area contributed by atoms with Gasteiger partial charge in [-0.15, -0.1) is 11.3 Å². The second-order valence-electron chi connectivity index (χ2n) is 6.56. The number of carbonyl (C=O) groups excluding carboxylic acids is 1. The summed E-state index contributed by atoms with van der Waals surface area (Å²) < 4.78 is 25.5. The normalized spacial score (nSPS) is 18.4. The molecule has 3 heterocycles. The molecule has 8 heteroatoms. The van der Waals surface area contributed by atoms with Gasteiger partial charge in [0.2, 0.25) is 0 Å². The molecule has 0 bridgehead atoms. The first-order valence-corrected chi connectivity index (χ1v) is 11.4. The number of sulfone groups is 1. The predicted molar refractivity (Wildman–Crippen MR) is 105 cm³/mol. The monoisotopic (exact) mass is 401 g/mol. The van der Waals surface area contributed by atoms with Crippen LogP contribution in [0.25, 0.3) is 10.6 Å². The highest BCUT2D eigenvalue weighted by atomic mass is 32.2. The lowest BCUT2D eigenvalue weighted by atomic mass is 10.2. The Morgan fingerprint density at radius 2 is 2.04 bits per heavy atom. The minimum absolute atomic E-state index is 0.0676. The third-order valence-corrected chi connectivity index (χ3v) is 7.23. The number of thiophene rings is 1. The van der Waals surface area contributed by atoms with Crippen molar-refractivity contribution in [3.8, 4) is 10.6 Å². The van der Waals surface area contributed by atoms with Gasteiger partial charge in [-0.2, -0.15) is 5.10 Å². The van der Waals surface area contributed by atoms with E-state index in [1.54, 1.807) is 22.1 Å². The molecular weight excluding hydrogens is 382 g/mol. The van der Waals surface area contributed by atoms with Crippen LogP contribution >= 0.6 is 11.3 Å². The molecule has 1 amide bonds. The summed E-state index contributed by atoms with van der Waals surface area (Å²) in [5.41, 5.74) is 2.10. The van der Waals surface area contributed by atoms with Gasteiger partial charge in [0.15, 0.2) is 15.5 Å². The van der Waals surface area contributed by atoms with Crippen LogP contribution in [0.15, 0.2) is 53.9 Å². The molecule has 1 fully saturated rings. The largest absolute Gasteiger partial charge is 0.347 e. The van der Waals surface area contributed by atoms with Crippen LogP contribution in [0.3, 0.4) is 0 Å². The van der Waals surface area contributed by atoms with Crippen molar-refractivity contribution in [1.29, 1.82) is 0 Å². The number of hydrogen-bond donors (Lipinski definition) is 1. The van der Waals surface area contributed by atoms with E-state index in [1.165, 1.54) is 0 Å². The Bertz CT molecular complexity index is 1040. The molecule has 0 aliphatic carbocycles. The average molecular weight is 402 g/mol. The van der Waals surface area contributed by atoms with Crippen LogP contribution in [0.4, 0.5) is 0 Å². The number of benzene rings is 1. The molecule has 3 aromatic rings. The van der Waals surface area contributed by atoms with Gasteiger partial charge in [0, 0.05) is 6.54 Å². The van der Waals surface area contributed by atoms with Crippen molar-refractivity contribution < 1.29 is 13.2 Å². The van der Waals surface area contributed by atoms with E-state index in [-0.39, 0.29) is 23.5 Å². The summed E-state index contributed by atoms with van der Waals surface area (Å²) in [7, 11) is -3.04. The summed E-state index contributed by atoms with van der Waals surface area (Å²) >= 11 is 1.54. The summed E-state index contributed by atoms with van der Waals surface area (Å²) in [5, 5.41) is 9.30. The van der Waals surface area contributed by atoms with Crippen LogP contribution < -0.4 is 5.32 Å². The average Bonchev–Trinajstić information content (AvgIpc) is 3.39. The smallest absolute Gasteiger partial charge is 0.272 e. The number of nitrogens with zero attached hydrogens (tertiary/aromatic N) is 2. The Kier molecular flexibility index (Phi) is 4.84. The molecule has 0 saturated carbocycles. The zero-order valence-electron chi connectivity index (χ0n) is 14.5. The fourth-order valence-corrected chi connectivity index (χ4v) is 5.66. The van der Waals surface area contributed by atoms with E-state index < -0.39 is 9.84 Å². The molecule has 6 nitrogen and oxygen atoms in total. The second-order valence-corrected chi connectivity index (χ2v) is 9.74. The van der Waals surface area contributed by atoms with Crippen LogP contribution in [0.5, 0.6) is 0 Å². The molecule has 2 aromatic heterocycles. The van der Waals surface area contributed by atoms with E-state index in [1.807, 2.05) is 47.8 Å². The van der Waals surface area contributed by atoms with Crippen LogP contribution in [0.1, 0.15) is 28.5 Å². The molecule has 1 aliphatic rings. The molecule has 1 N–H and O–H groups in total. The lowest BCUT2D eigenvalue weighted by Crippen LogP contribution is -2.23. The fraction of sp³-hybridized carbons (Fsp3) is 0.263. The Morgan fingerprint density at radius 1 is 1.22 bits per heavy atom. The van der Waals surface area contributed by atoms with E-state index in [0.29, 0.717) is 18.7 Å². The van der Waals surface area contributed by atoms with Crippen LogP contribution in [0, 0.1) is 0 Å². The van der Waals surface area contributed by atoms with E-state index in [9.17, 15) is 13.2 Å². The first-order valence-electron chi connectivity index (χ1n) is 8.68. The summed E-state index contributed by atoms with van der Waals surface area (Å²) in [4.78, 5) is 13.6. The van der Waals surface area contributed by atoms with Crippen molar-refractivity contribution >= 4 is 27.1 Å². The van der Waals surface area contributed by atoms with E-state index >= 15 is 0 Å². The number of carbonyl (C=O) groups is 1. The lowest BCUT2D eigenvalue weighted by molar-refractivity contribution is 0.0945. The molecule has 1 aliphatic heterocycles. The summed E-state index contributed by atoms with van der Waals surface area (Å²) in [5.74, 6) is -0.0361. The van der Waals surface area contributed by atoms with E-state index in [0.717, 1.165) is 16.1 Å². The number of aromatic nitrogens is 2. The minimum atomic E-state index is -3.04. The van der Waals surface area contributed by atoms with Gasteiger partial charge in [-0.1, -0.05) is 36.4 Å². The van der Waals surface area contributed by atoms with Gasteiger partial charge in [-0.25, -0.2) is 8.42 Å². The van der Waals surface area contributed by atoms with Gasteiger partial charge in [0.05, 0.1) is 28.1 Å². The van der Waals surface area contributed by atoms with Crippen molar-refractivity contribution in [3.63, 3.8) is 0 Å². The molecule has 0 spiro atoms. The third-order valence-electron chi connectivity index (χ3n) is 4.59. The van der Waals surface area contributed by atoms with Gasteiger partial charge >= 0.3 is 0 Å². The predicted octanol–water partition coefficient (Wildman–Crippen LogP) is 2.90. The number of nitrogens with one attached hydrogen (secondary N) is 1. The summed E-state index contributed by atoms with van der Waals surface area (Å²) in [6.45, 7) is 0.415. The zero-order chi connectivity index (χ0) is 18.9. The first-order chi connectivity index (χ1) is 13.0. The minimum Gasteiger partial charge on any atom is -0.347 e. The van der Waals surface area contributed by atoms with Crippen LogP contribution in [-0.4, -0.2) is 35.6 Å². The number of rotatable bonds is 5. The van der Waals surface area contributed by atoms with Gasteiger partial charge < -0.3 is 5.32 Å². The summed E-state index contributed by atoms with van der Waals surface area (Å²) in [6, 6.07) is 15.1. The topological polar surface area (TPSA) is 81.1 Å². The van der Waals surface area contributed by atoms with Crippen LogP contribution in [-0.2, 0) is 16.4 Å². The maximum absolute atomic E-state index is 12.6. The second kappa shape index (κ2) is 7.28. The summed E-state index contributed by atoms with van der Waals surface area (Å²) in [6.07, 6.45) is 0.521. The molecule has 1 aromatic carbocycles. The zero-order valence-corrected chi connectivity index (χ0v) is 16.2. The van der Waals surface area contributed by atoms with Gasteiger partial charge in [-0.3, -0.25) is 9.48 Å². The van der Waals surface area contributed by atoms with Gasteiger partial charge in [0.25, 0.3) is 5.91 Å². The van der Waals surface area contributed by atoms with E-state index in [4.69, 9.17) is 0 Å². The highest BCUT2D eigenvalue weighted by molar-refractivity contribution is 7.91. The fourth-order valence-electron chi connectivity index (χ4n) is 3.23. The molecule has 4 rings (SSSR count). The first kappa shape index (κ1) is 17.9. The molecule has 1 saturated heterocycles. The molecule has 140 valence electrons. The van der Waals surface area contributed by atoms with Crippen molar-refractivity contribution in [2.45, 2.75) is 19.0 Å². The Labute approximate surface area is 161 Å². The van der Waals surface area contributed by atoms with E-state index in [2.05, 4.69) is 10.4 Å². The van der Waals surface area contributed by atoms with Crippen molar-refractivity contribution in [3.05, 3.63) is 65.2 Å². The third kappa shape index (κ3) is 3.96. The van der Waals surface area contributed by atoms with Crippen molar-refractivity contribution in [2.75, 3.05) is 11.5 Å². The van der Waals surface area contributed by atoms with Crippen molar-refractivity contribution in [2.24, 2.45) is 0 Å². The maximum atomic E-state index is 12.6. The Morgan fingerprint density at radius 3 is 2.70 bits per heavy atom. The highest BCUT2D eigenvalue weighted by Crippen LogP contribution is 2.32.